The van der Waals surface area contributed by atoms with Gasteiger partial charge in [-0.05, 0) is 62.8 Å². The molecule has 156 valence electrons. The lowest BCUT2D eigenvalue weighted by Gasteiger charge is -2.30. The van der Waals surface area contributed by atoms with Crippen LogP contribution in [0.3, 0.4) is 0 Å². The van der Waals surface area contributed by atoms with Crippen LogP contribution >= 0.6 is 12.2 Å². The van der Waals surface area contributed by atoms with Crippen molar-refractivity contribution < 1.29 is 14.3 Å². The molecule has 6 nitrogen and oxygen atoms in total. The first-order chi connectivity index (χ1) is 14.4. The van der Waals surface area contributed by atoms with Crippen molar-refractivity contribution in [1.29, 1.82) is 0 Å². The molecule has 0 radical (unpaired) electrons. The van der Waals surface area contributed by atoms with Crippen molar-refractivity contribution in [3.8, 4) is 5.75 Å². The highest BCUT2D eigenvalue weighted by molar-refractivity contribution is 7.80. The van der Waals surface area contributed by atoms with Crippen molar-refractivity contribution in [2.45, 2.75) is 20.8 Å². The van der Waals surface area contributed by atoms with Crippen molar-refractivity contribution in [2.75, 3.05) is 30.0 Å². The van der Waals surface area contributed by atoms with Gasteiger partial charge in [-0.2, -0.15) is 0 Å². The van der Waals surface area contributed by atoms with Crippen LogP contribution in [0.4, 0.5) is 11.4 Å². The Morgan fingerprint density at radius 2 is 1.83 bits per heavy atom. The zero-order valence-corrected chi connectivity index (χ0v) is 18.4. The molecule has 1 aliphatic rings. The van der Waals surface area contributed by atoms with Gasteiger partial charge in [0.05, 0.1) is 12.8 Å². The molecule has 1 saturated heterocycles. The monoisotopic (exact) mass is 423 g/mol. The first kappa shape index (κ1) is 21.5. The van der Waals surface area contributed by atoms with Crippen LogP contribution in [-0.2, 0) is 9.59 Å². The van der Waals surface area contributed by atoms with Crippen molar-refractivity contribution in [1.82, 2.24) is 5.32 Å². The molecule has 0 unspecified atom stereocenters. The number of hydrogen-bond acceptors (Lipinski definition) is 5. The molecule has 1 aliphatic heterocycles. The highest BCUT2D eigenvalue weighted by Gasteiger charge is 2.35. The van der Waals surface area contributed by atoms with Gasteiger partial charge in [0.2, 0.25) is 0 Å². The molecular weight excluding hydrogens is 398 g/mol. The Labute approximate surface area is 182 Å². The van der Waals surface area contributed by atoms with E-state index in [4.69, 9.17) is 17.0 Å². The standard InChI is InChI=1S/C23H25N3O3S/c1-5-25(6-2)17-12-11-16(20(14-17)29-4)13-18-21(27)24-23(30)26(22(18)28)19-10-8-7-9-15(19)3/h7-14H,5-6H2,1-4H3,(H,24,27,30)/b18-13-. The number of aryl methyl sites for hydroxylation is 1. The molecule has 0 aromatic heterocycles. The van der Waals surface area contributed by atoms with Crippen molar-refractivity contribution in [3.63, 3.8) is 0 Å². The number of methoxy groups -OCH3 is 1. The number of nitrogens with one attached hydrogen (secondary N) is 1. The summed E-state index contributed by atoms with van der Waals surface area (Å²) in [5, 5.41) is 2.69. The van der Waals surface area contributed by atoms with E-state index in [1.807, 2.05) is 43.3 Å². The van der Waals surface area contributed by atoms with Crippen LogP contribution in [0.15, 0.2) is 48.0 Å². The average molecular weight is 424 g/mol. The maximum Gasteiger partial charge on any atom is 0.270 e. The van der Waals surface area contributed by atoms with Crippen LogP contribution in [0.5, 0.6) is 5.75 Å². The predicted molar refractivity (Wildman–Crippen MR) is 124 cm³/mol. The smallest absolute Gasteiger partial charge is 0.270 e. The minimum absolute atomic E-state index is 0.000687. The molecule has 1 heterocycles. The van der Waals surface area contributed by atoms with Crippen LogP contribution in [0.25, 0.3) is 6.08 Å². The minimum atomic E-state index is -0.523. The summed E-state index contributed by atoms with van der Waals surface area (Å²) in [4.78, 5) is 29.4. The second kappa shape index (κ2) is 9.09. The van der Waals surface area contributed by atoms with Gasteiger partial charge in [0.25, 0.3) is 11.8 Å². The summed E-state index contributed by atoms with van der Waals surface area (Å²) in [6, 6.07) is 13.1. The molecule has 1 fully saturated rings. The number of amides is 2. The van der Waals surface area contributed by atoms with E-state index >= 15 is 0 Å². The number of benzene rings is 2. The number of hydrogen-bond donors (Lipinski definition) is 1. The maximum atomic E-state index is 13.2. The number of carbonyl (C=O) groups is 2. The second-order valence-electron chi connectivity index (χ2n) is 6.84. The molecule has 0 spiro atoms. The quantitative estimate of drug-likeness (QED) is 0.436. The molecule has 2 amide bonds. The fourth-order valence-electron chi connectivity index (χ4n) is 3.45. The van der Waals surface area contributed by atoms with Gasteiger partial charge in [0.1, 0.15) is 11.3 Å². The summed E-state index contributed by atoms with van der Waals surface area (Å²) in [6.07, 6.45) is 1.55. The lowest BCUT2D eigenvalue weighted by molar-refractivity contribution is -0.122. The zero-order valence-electron chi connectivity index (χ0n) is 17.6. The van der Waals surface area contributed by atoms with E-state index < -0.39 is 11.8 Å². The van der Waals surface area contributed by atoms with Gasteiger partial charge in [-0.15, -0.1) is 0 Å². The van der Waals surface area contributed by atoms with Gasteiger partial charge in [0, 0.05) is 30.4 Å². The number of thiocarbonyl (C=S) groups is 1. The highest BCUT2D eigenvalue weighted by Crippen LogP contribution is 2.30. The van der Waals surface area contributed by atoms with E-state index in [1.165, 1.54) is 4.90 Å². The molecular formula is C23H25N3O3S. The van der Waals surface area contributed by atoms with E-state index in [2.05, 4.69) is 24.1 Å². The number of ether oxygens (including phenoxy) is 1. The Bertz CT molecular complexity index is 1030. The third kappa shape index (κ3) is 4.07. The number of nitrogens with zero attached hydrogens (tertiary/aromatic N) is 2. The van der Waals surface area contributed by atoms with E-state index in [0.717, 1.165) is 24.3 Å². The van der Waals surface area contributed by atoms with E-state index in [0.29, 0.717) is 17.0 Å². The number of carbonyl (C=O) groups excluding carboxylic acids is 2. The van der Waals surface area contributed by atoms with Crippen LogP contribution in [0.1, 0.15) is 25.0 Å². The van der Waals surface area contributed by atoms with Crippen molar-refractivity contribution in [3.05, 3.63) is 59.2 Å². The Balaban J connectivity index is 2.03. The third-order valence-corrected chi connectivity index (χ3v) is 5.39. The first-order valence-corrected chi connectivity index (χ1v) is 10.2. The zero-order chi connectivity index (χ0) is 21.8. The summed E-state index contributed by atoms with van der Waals surface area (Å²) >= 11 is 5.28. The number of anilines is 2. The summed E-state index contributed by atoms with van der Waals surface area (Å²) in [6.45, 7) is 7.79. The minimum Gasteiger partial charge on any atom is -0.496 e. The summed E-state index contributed by atoms with van der Waals surface area (Å²) < 4.78 is 5.54. The molecule has 0 aliphatic carbocycles. The van der Waals surface area contributed by atoms with Crippen LogP contribution in [0.2, 0.25) is 0 Å². The van der Waals surface area contributed by atoms with Crippen molar-refractivity contribution >= 4 is 46.6 Å². The van der Waals surface area contributed by atoms with Crippen LogP contribution < -0.4 is 19.9 Å². The molecule has 2 aromatic rings. The van der Waals surface area contributed by atoms with Gasteiger partial charge < -0.3 is 9.64 Å². The Kier molecular flexibility index (Phi) is 6.52. The summed E-state index contributed by atoms with van der Waals surface area (Å²) in [7, 11) is 1.57. The van der Waals surface area contributed by atoms with Crippen LogP contribution in [-0.4, -0.2) is 37.1 Å². The van der Waals surface area contributed by atoms with Crippen LogP contribution in [0, 0.1) is 6.92 Å². The Morgan fingerprint density at radius 1 is 1.13 bits per heavy atom. The normalized spacial score (nSPS) is 15.4. The van der Waals surface area contributed by atoms with E-state index in [1.54, 1.807) is 19.3 Å². The average Bonchev–Trinajstić information content (AvgIpc) is 2.73. The molecule has 30 heavy (non-hydrogen) atoms. The molecule has 0 bridgehead atoms. The van der Waals surface area contributed by atoms with Crippen molar-refractivity contribution in [2.24, 2.45) is 0 Å². The second-order valence-corrected chi connectivity index (χ2v) is 7.23. The third-order valence-electron chi connectivity index (χ3n) is 5.10. The molecule has 3 rings (SSSR count). The largest absolute Gasteiger partial charge is 0.496 e. The molecule has 2 aromatic carbocycles. The SMILES string of the molecule is CCN(CC)c1ccc(/C=C2/C(=O)NC(=S)N(c3ccccc3C)C2=O)c(OC)c1. The topological polar surface area (TPSA) is 61.9 Å². The lowest BCUT2D eigenvalue weighted by atomic mass is 10.0. The van der Waals surface area contributed by atoms with Gasteiger partial charge in [-0.25, -0.2) is 0 Å². The molecule has 1 N–H and O–H groups in total. The Morgan fingerprint density at radius 3 is 2.47 bits per heavy atom. The van der Waals surface area contributed by atoms with E-state index in [-0.39, 0.29) is 10.7 Å². The van der Waals surface area contributed by atoms with Gasteiger partial charge in [-0.1, -0.05) is 18.2 Å². The molecule has 0 atom stereocenters. The summed E-state index contributed by atoms with van der Waals surface area (Å²) in [5.41, 5.74) is 3.18. The predicted octanol–water partition coefficient (Wildman–Crippen LogP) is 3.68. The van der Waals surface area contributed by atoms with Gasteiger partial charge >= 0.3 is 0 Å². The fraction of sp³-hybridized carbons (Fsp3) is 0.261. The number of para-hydroxylation sites is 1. The van der Waals surface area contributed by atoms with Gasteiger partial charge in [0.15, 0.2) is 5.11 Å². The number of rotatable bonds is 6. The highest BCUT2D eigenvalue weighted by atomic mass is 32.1. The fourth-order valence-corrected chi connectivity index (χ4v) is 3.72. The lowest BCUT2D eigenvalue weighted by Crippen LogP contribution is -2.54. The van der Waals surface area contributed by atoms with E-state index in [9.17, 15) is 9.59 Å². The van der Waals surface area contributed by atoms with Gasteiger partial charge in [-0.3, -0.25) is 19.8 Å². The summed E-state index contributed by atoms with van der Waals surface area (Å²) in [5.74, 6) is -0.402. The molecule has 7 heteroatoms. The Hall–Kier alpha value is -3.19. The molecule has 0 saturated carbocycles. The first-order valence-electron chi connectivity index (χ1n) is 9.81. The maximum absolute atomic E-state index is 13.2.